The van der Waals surface area contributed by atoms with Gasteiger partial charge in [-0.25, -0.2) is 4.39 Å². The molecular formula is C12H13FN2O2. The van der Waals surface area contributed by atoms with E-state index in [0.717, 1.165) is 0 Å². The Labute approximate surface area is 98.4 Å². The van der Waals surface area contributed by atoms with Crippen molar-refractivity contribution in [1.82, 2.24) is 5.32 Å². The van der Waals surface area contributed by atoms with Gasteiger partial charge in [0.25, 0.3) is 0 Å². The van der Waals surface area contributed by atoms with E-state index in [1.807, 2.05) is 0 Å². The van der Waals surface area contributed by atoms with Crippen LogP contribution in [-0.4, -0.2) is 24.4 Å². The zero-order valence-corrected chi connectivity index (χ0v) is 9.66. The Hall–Kier alpha value is -1.91. The van der Waals surface area contributed by atoms with E-state index < -0.39 is 6.04 Å². The average molecular weight is 236 g/mol. The van der Waals surface area contributed by atoms with Gasteiger partial charge in [0.1, 0.15) is 11.9 Å². The number of carbonyl (C=O) groups is 2. The summed E-state index contributed by atoms with van der Waals surface area (Å²) >= 11 is 0. The molecule has 1 aliphatic rings. The minimum absolute atomic E-state index is 0.0143. The maximum atomic E-state index is 13.2. The fourth-order valence-electron chi connectivity index (χ4n) is 1.88. The first-order chi connectivity index (χ1) is 8.00. The number of piperazine rings is 1. The summed E-state index contributed by atoms with van der Waals surface area (Å²) < 4.78 is 13.2. The van der Waals surface area contributed by atoms with Gasteiger partial charge in [-0.05, 0) is 37.6 Å². The summed E-state index contributed by atoms with van der Waals surface area (Å²) in [7, 11) is 0. The van der Waals surface area contributed by atoms with Crippen LogP contribution in [0.4, 0.5) is 10.1 Å². The summed E-state index contributed by atoms with van der Waals surface area (Å²) in [6, 6.07) is 3.82. The van der Waals surface area contributed by atoms with Gasteiger partial charge in [0, 0.05) is 5.69 Å². The summed E-state index contributed by atoms with van der Waals surface area (Å²) in [5.74, 6) is -0.718. The smallest absolute Gasteiger partial charge is 0.247 e. The third kappa shape index (κ3) is 2.00. The van der Waals surface area contributed by atoms with Crippen LogP contribution in [0.5, 0.6) is 0 Å². The molecule has 1 atom stereocenters. The Bertz CT molecular complexity index is 487. The lowest BCUT2D eigenvalue weighted by molar-refractivity contribution is -0.130. The molecule has 2 rings (SSSR count). The van der Waals surface area contributed by atoms with Crippen molar-refractivity contribution >= 4 is 17.5 Å². The number of benzene rings is 1. The largest absolute Gasteiger partial charge is 0.345 e. The molecule has 4 nitrogen and oxygen atoms in total. The summed E-state index contributed by atoms with van der Waals surface area (Å²) in [4.78, 5) is 24.7. The lowest BCUT2D eigenvalue weighted by Gasteiger charge is -2.32. The van der Waals surface area contributed by atoms with E-state index in [4.69, 9.17) is 0 Å². The highest BCUT2D eigenvalue weighted by Gasteiger charge is 2.32. The molecule has 1 N–H and O–H groups in total. The van der Waals surface area contributed by atoms with Crippen LogP contribution >= 0.6 is 0 Å². The average Bonchev–Trinajstić information content (AvgIpc) is 2.29. The number of rotatable bonds is 1. The summed E-state index contributed by atoms with van der Waals surface area (Å²) in [6.45, 7) is 3.25. The van der Waals surface area contributed by atoms with Crippen LogP contribution in [0.1, 0.15) is 12.5 Å². The summed E-state index contributed by atoms with van der Waals surface area (Å²) in [5, 5.41) is 2.50. The van der Waals surface area contributed by atoms with Crippen molar-refractivity contribution in [2.45, 2.75) is 19.9 Å². The minimum atomic E-state index is -0.568. The number of nitrogens with one attached hydrogen (secondary N) is 1. The van der Waals surface area contributed by atoms with Crippen LogP contribution in [-0.2, 0) is 9.59 Å². The maximum absolute atomic E-state index is 13.2. The fraction of sp³-hybridized carbons (Fsp3) is 0.333. The number of amides is 2. The Kier molecular flexibility index (Phi) is 2.83. The lowest BCUT2D eigenvalue weighted by atomic mass is 10.1. The van der Waals surface area contributed by atoms with Gasteiger partial charge in [-0.15, -0.1) is 0 Å². The van der Waals surface area contributed by atoms with Crippen molar-refractivity contribution in [3.63, 3.8) is 0 Å². The van der Waals surface area contributed by atoms with E-state index in [9.17, 15) is 14.0 Å². The molecule has 0 aromatic heterocycles. The molecule has 1 heterocycles. The topological polar surface area (TPSA) is 49.4 Å². The van der Waals surface area contributed by atoms with Crippen LogP contribution in [0.3, 0.4) is 0 Å². The molecule has 0 radical (unpaired) electrons. The lowest BCUT2D eigenvalue weighted by Crippen LogP contribution is -2.57. The second-order valence-corrected chi connectivity index (χ2v) is 4.09. The Balaban J connectivity index is 2.39. The van der Waals surface area contributed by atoms with Crippen molar-refractivity contribution in [3.05, 3.63) is 29.6 Å². The van der Waals surface area contributed by atoms with Crippen LogP contribution < -0.4 is 10.2 Å². The van der Waals surface area contributed by atoms with Crippen molar-refractivity contribution < 1.29 is 14.0 Å². The first-order valence-electron chi connectivity index (χ1n) is 5.36. The molecule has 5 heteroatoms. The van der Waals surface area contributed by atoms with Gasteiger partial charge < -0.3 is 5.32 Å². The molecule has 17 heavy (non-hydrogen) atoms. The normalized spacial score (nSPS) is 20.4. The monoisotopic (exact) mass is 236 g/mol. The highest BCUT2D eigenvalue weighted by Crippen LogP contribution is 2.22. The standard InChI is InChI=1S/C12H13FN2O2/c1-7-5-9(3-4-10(7)13)15-8(2)12(17)14-6-11(15)16/h3-5,8H,6H2,1-2H3,(H,14,17). The maximum Gasteiger partial charge on any atom is 0.247 e. The predicted molar refractivity (Wildman–Crippen MR) is 61.1 cm³/mol. The van der Waals surface area contributed by atoms with Gasteiger partial charge in [0.2, 0.25) is 11.8 Å². The Morgan fingerprint density at radius 3 is 2.76 bits per heavy atom. The number of aryl methyl sites for hydroxylation is 1. The van der Waals surface area contributed by atoms with E-state index >= 15 is 0 Å². The first-order valence-corrected chi connectivity index (χ1v) is 5.36. The van der Waals surface area contributed by atoms with Crippen LogP contribution in [0.25, 0.3) is 0 Å². The number of carbonyl (C=O) groups excluding carboxylic acids is 2. The molecule has 0 aliphatic carbocycles. The predicted octanol–water partition coefficient (Wildman–Crippen LogP) is 0.985. The molecule has 0 spiro atoms. The molecule has 2 amide bonds. The third-order valence-corrected chi connectivity index (χ3v) is 2.87. The molecule has 1 fully saturated rings. The molecular weight excluding hydrogens is 223 g/mol. The van der Waals surface area contributed by atoms with Gasteiger partial charge in [0.15, 0.2) is 0 Å². The minimum Gasteiger partial charge on any atom is -0.345 e. The molecule has 1 aromatic rings. The SMILES string of the molecule is Cc1cc(N2C(=O)CNC(=O)C2C)ccc1F. The molecule has 1 aliphatic heterocycles. The first kappa shape index (κ1) is 11.6. The number of anilines is 1. The zero-order valence-electron chi connectivity index (χ0n) is 9.66. The molecule has 1 unspecified atom stereocenters. The van der Waals surface area contributed by atoms with Gasteiger partial charge in [0.05, 0.1) is 6.54 Å². The number of hydrogen-bond acceptors (Lipinski definition) is 2. The van der Waals surface area contributed by atoms with Crippen molar-refractivity contribution in [2.75, 3.05) is 11.4 Å². The molecule has 1 aromatic carbocycles. The quantitative estimate of drug-likeness (QED) is 0.790. The highest BCUT2D eigenvalue weighted by molar-refractivity contribution is 6.06. The van der Waals surface area contributed by atoms with Crippen molar-refractivity contribution in [3.8, 4) is 0 Å². The van der Waals surface area contributed by atoms with Gasteiger partial charge in [-0.2, -0.15) is 0 Å². The second-order valence-electron chi connectivity index (χ2n) is 4.09. The van der Waals surface area contributed by atoms with Crippen LogP contribution in [0.15, 0.2) is 18.2 Å². The van der Waals surface area contributed by atoms with Crippen molar-refractivity contribution in [1.29, 1.82) is 0 Å². The number of hydrogen-bond donors (Lipinski definition) is 1. The van der Waals surface area contributed by atoms with E-state index in [-0.39, 0.29) is 24.2 Å². The van der Waals surface area contributed by atoms with E-state index in [0.29, 0.717) is 11.3 Å². The van der Waals surface area contributed by atoms with E-state index in [2.05, 4.69) is 5.32 Å². The number of nitrogens with zero attached hydrogens (tertiary/aromatic N) is 1. The van der Waals surface area contributed by atoms with Crippen molar-refractivity contribution in [2.24, 2.45) is 0 Å². The summed E-state index contributed by atoms with van der Waals surface area (Å²) in [6.07, 6.45) is 0. The van der Waals surface area contributed by atoms with Gasteiger partial charge >= 0.3 is 0 Å². The fourth-order valence-corrected chi connectivity index (χ4v) is 1.88. The van der Waals surface area contributed by atoms with Crippen LogP contribution in [0, 0.1) is 12.7 Å². The van der Waals surface area contributed by atoms with E-state index in [1.54, 1.807) is 19.9 Å². The molecule has 0 saturated carbocycles. The molecule has 1 saturated heterocycles. The Morgan fingerprint density at radius 1 is 1.41 bits per heavy atom. The van der Waals surface area contributed by atoms with Gasteiger partial charge in [-0.1, -0.05) is 0 Å². The molecule has 0 bridgehead atoms. The summed E-state index contributed by atoms with van der Waals surface area (Å²) in [5.41, 5.74) is 1.00. The molecule has 90 valence electrons. The zero-order chi connectivity index (χ0) is 12.6. The second kappa shape index (κ2) is 4.16. The third-order valence-electron chi connectivity index (χ3n) is 2.87. The van der Waals surface area contributed by atoms with Crippen LogP contribution in [0.2, 0.25) is 0 Å². The highest BCUT2D eigenvalue weighted by atomic mass is 19.1. The van der Waals surface area contributed by atoms with Gasteiger partial charge in [-0.3, -0.25) is 14.5 Å². The van der Waals surface area contributed by atoms with E-state index in [1.165, 1.54) is 17.0 Å². The number of halogens is 1. The Morgan fingerprint density at radius 2 is 2.12 bits per heavy atom.